The predicted molar refractivity (Wildman–Crippen MR) is 80.7 cm³/mol. The van der Waals surface area contributed by atoms with Gasteiger partial charge in [-0.05, 0) is 26.0 Å². The number of benzene rings is 1. The maximum Gasteiger partial charge on any atom is 0.161 e. The van der Waals surface area contributed by atoms with E-state index in [2.05, 4.69) is 20.3 Å². The summed E-state index contributed by atoms with van der Waals surface area (Å²) >= 11 is 1.44. The van der Waals surface area contributed by atoms with Gasteiger partial charge < -0.3 is 10.1 Å². The third kappa shape index (κ3) is 2.92. The van der Waals surface area contributed by atoms with Crippen molar-refractivity contribution in [3.05, 3.63) is 35.9 Å². The van der Waals surface area contributed by atoms with Crippen LogP contribution in [-0.4, -0.2) is 21.1 Å². The number of nitrogens with one attached hydrogen (secondary N) is 1. The molecule has 0 aliphatic heterocycles. The van der Waals surface area contributed by atoms with Gasteiger partial charge in [-0.3, -0.25) is 0 Å². The van der Waals surface area contributed by atoms with E-state index in [9.17, 15) is 4.39 Å². The van der Waals surface area contributed by atoms with Crippen LogP contribution in [0, 0.1) is 5.82 Å². The Morgan fingerprint density at radius 3 is 2.90 bits per heavy atom. The number of thiazole rings is 1. The number of ether oxygens (including phenoxy) is 1. The molecule has 0 aliphatic carbocycles. The zero-order valence-corrected chi connectivity index (χ0v) is 12.3. The quantitative estimate of drug-likeness (QED) is 0.795. The van der Waals surface area contributed by atoms with Crippen LogP contribution in [0.3, 0.4) is 0 Å². The maximum absolute atomic E-state index is 13.4. The Bertz CT molecular complexity index is 775. The fraction of sp³-hybridized carbons (Fsp3) is 0.214. The van der Waals surface area contributed by atoms with Crippen LogP contribution in [0.25, 0.3) is 10.3 Å². The number of nitrogens with zero attached hydrogens (tertiary/aromatic N) is 3. The summed E-state index contributed by atoms with van der Waals surface area (Å²) in [7, 11) is 0. The molecule has 0 amide bonds. The van der Waals surface area contributed by atoms with Gasteiger partial charge in [-0.1, -0.05) is 0 Å². The van der Waals surface area contributed by atoms with Crippen LogP contribution in [0.5, 0.6) is 5.75 Å². The lowest BCUT2D eigenvalue weighted by atomic mass is 10.2. The predicted octanol–water partition coefficient (Wildman–Crippen LogP) is 3.76. The van der Waals surface area contributed by atoms with Crippen molar-refractivity contribution in [1.29, 1.82) is 0 Å². The van der Waals surface area contributed by atoms with Crippen LogP contribution >= 0.6 is 11.3 Å². The van der Waals surface area contributed by atoms with Crippen molar-refractivity contribution in [2.75, 3.05) is 5.32 Å². The second-order valence-electron chi connectivity index (χ2n) is 4.66. The first-order valence-corrected chi connectivity index (χ1v) is 7.29. The second-order valence-corrected chi connectivity index (χ2v) is 5.49. The minimum absolute atomic E-state index is 0.0583. The first-order chi connectivity index (χ1) is 10.1. The molecule has 0 bridgehead atoms. The monoisotopic (exact) mass is 304 g/mol. The molecule has 3 aromatic rings. The van der Waals surface area contributed by atoms with E-state index in [1.165, 1.54) is 29.8 Å². The molecule has 0 fully saturated rings. The van der Waals surface area contributed by atoms with E-state index >= 15 is 0 Å². The topological polar surface area (TPSA) is 59.9 Å². The van der Waals surface area contributed by atoms with Crippen molar-refractivity contribution in [2.24, 2.45) is 0 Å². The molecule has 3 rings (SSSR count). The minimum Gasteiger partial charge on any atom is -0.489 e. The number of hydrogen-bond donors (Lipinski definition) is 1. The molecule has 0 saturated carbocycles. The minimum atomic E-state index is -0.349. The van der Waals surface area contributed by atoms with Crippen molar-refractivity contribution in [3.8, 4) is 5.75 Å². The molecule has 0 saturated heterocycles. The summed E-state index contributed by atoms with van der Waals surface area (Å²) < 4.78 is 19.0. The third-order valence-corrected chi connectivity index (χ3v) is 3.43. The van der Waals surface area contributed by atoms with Crippen LogP contribution in [0.4, 0.5) is 15.9 Å². The van der Waals surface area contributed by atoms with Crippen molar-refractivity contribution in [1.82, 2.24) is 15.0 Å². The number of rotatable bonds is 4. The zero-order chi connectivity index (χ0) is 14.8. The molecule has 0 spiro atoms. The van der Waals surface area contributed by atoms with Gasteiger partial charge >= 0.3 is 0 Å². The van der Waals surface area contributed by atoms with Gasteiger partial charge in [-0.25, -0.2) is 19.3 Å². The van der Waals surface area contributed by atoms with E-state index in [1.54, 1.807) is 11.6 Å². The van der Waals surface area contributed by atoms with Gasteiger partial charge in [0.25, 0.3) is 0 Å². The van der Waals surface area contributed by atoms with E-state index in [1.807, 2.05) is 13.8 Å². The molecule has 108 valence electrons. The molecule has 0 unspecified atom stereocenters. The van der Waals surface area contributed by atoms with Gasteiger partial charge in [0.2, 0.25) is 0 Å². The van der Waals surface area contributed by atoms with E-state index in [-0.39, 0.29) is 11.9 Å². The van der Waals surface area contributed by atoms with Gasteiger partial charge in [0.1, 0.15) is 28.2 Å². The van der Waals surface area contributed by atoms with Crippen molar-refractivity contribution >= 4 is 33.2 Å². The smallest absolute Gasteiger partial charge is 0.161 e. The summed E-state index contributed by atoms with van der Waals surface area (Å²) in [6.45, 7) is 3.77. The van der Waals surface area contributed by atoms with Crippen molar-refractivity contribution < 1.29 is 9.13 Å². The summed E-state index contributed by atoms with van der Waals surface area (Å²) in [6, 6.07) is 4.34. The fourth-order valence-electron chi connectivity index (χ4n) is 1.86. The number of aromatic nitrogens is 3. The lowest BCUT2D eigenvalue weighted by Crippen LogP contribution is -2.08. The largest absolute Gasteiger partial charge is 0.489 e. The Labute approximate surface area is 124 Å². The molecule has 0 radical (unpaired) electrons. The average Bonchev–Trinajstić information content (AvgIpc) is 2.90. The number of hydrogen-bond acceptors (Lipinski definition) is 6. The van der Waals surface area contributed by atoms with Crippen LogP contribution < -0.4 is 10.1 Å². The zero-order valence-electron chi connectivity index (χ0n) is 11.5. The van der Waals surface area contributed by atoms with Crippen molar-refractivity contribution in [3.63, 3.8) is 0 Å². The van der Waals surface area contributed by atoms with E-state index in [0.717, 1.165) is 4.83 Å². The highest BCUT2D eigenvalue weighted by Crippen LogP contribution is 2.31. The summed E-state index contributed by atoms with van der Waals surface area (Å²) in [4.78, 5) is 13.4. The molecular formula is C14H13FN4OS. The molecule has 2 aromatic heterocycles. The Morgan fingerprint density at radius 1 is 1.24 bits per heavy atom. The van der Waals surface area contributed by atoms with Crippen LogP contribution in [0.15, 0.2) is 30.0 Å². The van der Waals surface area contributed by atoms with Gasteiger partial charge in [-0.2, -0.15) is 0 Å². The van der Waals surface area contributed by atoms with Crippen LogP contribution in [0.1, 0.15) is 13.8 Å². The normalized spacial score (nSPS) is 11.0. The highest BCUT2D eigenvalue weighted by Gasteiger charge is 2.11. The Hall–Kier alpha value is -2.28. The number of halogens is 1. The Kier molecular flexibility index (Phi) is 3.66. The van der Waals surface area contributed by atoms with Gasteiger partial charge in [0.05, 0.1) is 17.3 Å². The highest BCUT2D eigenvalue weighted by atomic mass is 32.1. The number of fused-ring (bicyclic) bond motifs is 1. The van der Waals surface area contributed by atoms with Crippen LogP contribution in [-0.2, 0) is 0 Å². The first-order valence-electron chi connectivity index (χ1n) is 6.41. The summed E-state index contributed by atoms with van der Waals surface area (Å²) in [6.07, 6.45) is 1.41. The Balaban J connectivity index is 1.99. The fourth-order valence-corrected chi connectivity index (χ4v) is 2.49. The molecule has 21 heavy (non-hydrogen) atoms. The van der Waals surface area contributed by atoms with Gasteiger partial charge in [-0.15, -0.1) is 11.3 Å². The van der Waals surface area contributed by atoms with E-state index in [4.69, 9.17) is 4.74 Å². The standard InChI is InChI=1S/C14H13FN4OS/c1-8(2)20-11-5-9(15)3-4-10(11)19-13-12-14(17-6-16-13)21-7-18-12/h3-8H,1-2H3,(H,16,17,19). The molecule has 2 heterocycles. The van der Waals surface area contributed by atoms with E-state index < -0.39 is 0 Å². The molecule has 7 heteroatoms. The Morgan fingerprint density at radius 2 is 2.10 bits per heavy atom. The lowest BCUT2D eigenvalue weighted by molar-refractivity contribution is 0.243. The average molecular weight is 304 g/mol. The molecule has 5 nitrogen and oxygen atoms in total. The maximum atomic E-state index is 13.4. The first kappa shape index (κ1) is 13.7. The molecule has 0 aliphatic rings. The second kappa shape index (κ2) is 5.61. The SMILES string of the molecule is CC(C)Oc1cc(F)ccc1Nc1ncnc2scnc12. The molecule has 1 aromatic carbocycles. The van der Waals surface area contributed by atoms with Gasteiger partial charge in [0, 0.05) is 6.07 Å². The van der Waals surface area contributed by atoms with Crippen LogP contribution in [0.2, 0.25) is 0 Å². The molecular weight excluding hydrogens is 291 g/mol. The van der Waals surface area contributed by atoms with E-state index in [0.29, 0.717) is 22.8 Å². The number of anilines is 2. The highest BCUT2D eigenvalue weighted by molar-refractivity contribution is 7.16. The summed E-state index contributed by atoms with van der Waals surface area (Å²) in [5, 5.41) is 3.14. The van der Waals surface area contributed by atoms with Gasteiger partial charge in [0.15, 0.2) is 5.82 Å². The van der Waals surface area contributed by atoms with Crippen molar-refractivity contribution in [2.45, 2.75) is 20.0 Å². The lowest BCUT2D eigenvalue weighted by Gasteiger charge is -2.15. The third-order valence-electron chi connectivity index (χ3n) is 2.69. The summed E-state index contributed by atoms with van der Waals surface area (Å²) in [5.41, 5.74) is 3.03. The molecule has 1 N–H and O–H groups in total. The molecule has 0 atom stereocenters. The summed E-state index contributed by atoms with van der Waals surface area (Å²) in [5.74, 6) is 0.658.